The fourth-order valence-electron chi connectivity index (χ4n) is 2.31. The number of carboxylic acids is 2. The highest BCUT2D eigenvalue weighted by atomic mass is 16.5. The molecule has 0 radical (unpaired) electrons. The van der Waals surface area contributed by atoms with Crippen LogP contribution in [0.25, 0.3) is 0 Å². The van der Waals surface area contributed by atoms with Crippen molar-refractivity contribution in [2.45, 2.75) is 12.8 Å². The highest BCUT2D eigenvalue weighted by Gasteiger charge is 2.19. The number of carbonyl (C=O) groups excluding carboxylic acids is 4. The topological polar surface area (TPSA) is 161 Å². The van der Waals surface area contributed by atoms with Crippen molar-refractivity contribution in [3.05, 3.63) is 58.7 Å². The summed E-state index contributed by atoms with van der Waals surface area (Å²) in [6.07, 6.45) is -0.105. The van der Waals surface area contributed by atoms with Gasteiger partial charge in [-0.2, -0.15) is 0 Å². The van der Waals surface area contributed by atoms with Crippen molar-refractivity contribution in [3.8, 4) is 11.5 Å². The Hall–Kier alpha value is -4.34. The van der Waals surface area contributed by atoms with Crippen molar-refractivity contribution >= 4 is 36.4 Å². The zero-order chi connectivity index (χ0) is 22.3. The quantitative estimate of drug-likeness (QED) is 0.352. The van der Waals surface area contributed by atoms with Crippen LogP contribution in [0, 0.1) is 0 Å². The molecule has 0 saturated heterocycles. The van der Waals surface area contributed by atoms with E-state index in [4.69, 9.17) is 19.7 Å². The third kappa shape index (κ3) is 5.58. The second-order valence-corrected chi connectivity index (χ2v) is 5.81. The molecule has 0 heterocycles. The zero-order valence-electron chi connectivity index (χ0n) is 15.2. The van der Waals surface area contributed by atoms with Crippen LogP contribution in [0.2, 0.25) is 0 Å². The van der Waals surface area contributed by atoms with E-state index in [2.05, 4.69) is 0 Å². The van der Waals surface area contributed by atoms with Crippen molar-refractivity contribution in [1.82, 2.24) is 0 Å². The minimum absolute atomic E-state index is 0.0746. The van der Waals surface area contributed by atoms with Crippen molar-refractivity contribution in [1.29, 1.82) is 0 Å². The summed E-state index contributed by atoms with van der Waals surface area (Å²) in [6, 6.07) is 6.85. The fourth-order valence-corrected chi connectivity index (χ4v) is 2.31. The van der Waals surface area contributed by atoms with Crippen LogP contribution in [0.15, 0.2) is 36.4 Å². The molecule has 0 atom stereocenters. The van der Waals surface area contributed by atoms with E-state index in [0.29, 0.717) is 12.6 Å². The predicted molar refractivity (Wildman–Crippen MR) is 98.1 cm³/mol. The molecule has 0 aliphatic heterocycles. The van der Waals surface area contributed by atoms with Gasteiger partial charge in [-0.25, -0.2) is 9.59 Å². The molecular formula is C20H14O10. The summed E-state index contributed by atoms with van der Waals surface area (Å²) in [5.41, 5.74) is -0.662. The largest absolute Gasteiger partial charge is 0.478 e. The number of benzene rings is 2. The molecule has 0 saturated carbocycles. The Morgan fingerprint density at radius 3 is 1.37 bits per heavy atom. The van der Waals surface area contributed by atoms with Crippen LogP contribution in [0.5, 0.6) is 11.5 Å². The van der Waals surface area contributed by atoms with Gasteiger partial charge in [0.15, 0.2) is 0 Å². The summed E-state index contributed by atoms with van der Waals surface area (Å²) in [4.78, 5) is 67.8. The van der Waals surface area contributed by atoms with Gasteiger partial charge in [-0.1, -0.05) is 0 Å². The number of carbonyl (C=O) groups is 6. The molecule has 2 rings (SSSR count). The smallest absolute Gasteiger partial charge is 0.339 e. The number of ether oxygens (including phenoxy) is 2. The molecule has 0 aromatic heterocycles. The summed E-state index contributed by atoms with van der Waals surface area (Å²) in [5, 5.41) is 18.3. The Morgan fingerprint density at radius 1 is 0.700 bits per heavy atom. The molecule has 0 bridgehead atoms. The van der Waals surface area contributed by atoms with E-state index in [1.165, 1.54) is 12.1 Å². The van der Waals surface area contributed by atoms with Crippen LogP contribution in [-0.4, -0.2) is 46.7 Å². The van der Waals surface area contributed by atoms with Crippen molar-refractivity contribution in [2.24, 2.45) is 0 Å². The second-order valence-electron chi connectivity index (χ2n) is 5.81. The van der Waals surface area contributed by atoms with Gasteiger partial charge in [-0.15, -0.1) is 0 Å². The standard InChI is InChI=1S/C20H14O10/c21-9-11-1-3-15(13(7-11)19(25)26)29-17(23)5-6-18(24)30-16-4-2-12(10-22)8-14(16)20(27)28/h1-4,7-10H,5-6H2,(H,25,26)(H,27,28). The normalized spacial score (nSPS) is 10.0. The minimum atomic E-state index is -1.42. The summed E-state index contributed by atoms with van der Waals surface area (Å²) in [7, 11) is 0. The van der Waals surface area contributed by atoms with Crippen LogP contribution < -0.4 is 9.47 Å². The van der Waals surface area contributed by atoms with E-state index < -0.39 is 47.8 Å². The number of aldehydes is 2. The zero-order valence-corrected chi connectivity index (χ0v) is 15.2. The van der Waals surface area contributed by atoms with Crippen LogP contribution in [0.1, 0.15) is 54.3 Å². The Morgan fingerprint density at radius 2 is 1.07 bits per heavy atom. The van der Waals surface area contributed by atoms with Gasteiger partial charge in [0.1, 0.15) is 35.2 Å². The lowest BCUT2D eigenvalue weighted by molar-refractivity contribution is -0.140. The first-order valence-corrected chi connectivity index (χ1v) is 8.31. The van der Waals surface area contributed by atoms with Gasteiger partial charge >= 0.3 is 23.9 Å². The molecule has 2 aromatic carbocycles. The van der Waals surface area contributed by atoms with Gasteiger partial charge in [0, 0.05) is 11.1 Å². The van der Waals surface area contributed by atoms with Crippen molar-refractivity contribution in [3.63, 3.8) is 0 Å². The number of hydrogen-bond acceptors (Lipinski definition) is 8. The van der Waals surface area contributed by atoms with Crippen LogP contribution >= 0.6 is 0 Å². The molecule has 154 valence electrons. The van der Waals surface area contributed by atoms with Gasteiger partial charge in [0.25, 0.3) is 0 Å². The van der Waals surface area contributed by atoms with Gasteiger partial charge in [0.05, 0.1) is 12.8 Å². The number of carboxylic acid groups (broad SMARTS) is 2. The molecule has 2 N–H and O–H groups in total. The monoisotopic (exact) mass is 414 g/mol. The van der Waals surface area contributed by atoms with Crippen LogP contribution in [0.4, 0.5) is 0 Å². The Balaban J connectivity index is 2.01. The van der Waals surface area contributed by atoms with Crippen LogP contribution in [0.3, 0.4) is 0 Å². The lowest BCUT2D eigenvalue weighted by Crippen LogP contribution is -2.16. The van der Waals surface area contributed by atoms with Gasteiger partial charge < -0.3 is 19.7 Å². The molecule has 0 aliphatic rings. The number of aromatic carboxylic acids is 2. The number of hydrogen-bond donors (Lipinski definition) is 2. The average molecular weight is 414 g/mol. The molecule has 0 spiro atoms. The second kappa shape index (κ2) is 9.73. The van der Waals surface area contributed by atoms with E-state index in [0.717, 1.165) is 24.3 Å². The third-order valence-electron chi connectivity index (χ3n) is 3.72. The average Bonchev–Trinajstić information content (AvgIpc) is 2.72. The highest BCUT2D eigenvalue weighted by molar-refractivity contribution is 5.95. The number of esters is 2. The van der Waals surface area contributed by atoms with Gasteiger partial charge in [-0.3, -0.25) is 19.2 Å². The molecule has 0 aliphatic carbocycles. The third-order valence-corrected chi connectivity index (χ3v) is 3.72. The molecule has 0 unspecified atom stereocenters. The number of rotatable bonds is 9. The van der Waals surface area contributed by atoms with E-state index >= 15 is 0 Å². The van der Waals surface area contributed by atoms with Crippen molar-refractivity contribution in [2.75, 3.05) is 0 Å². The summed E-state index contributed by atoms with van der Waals surface area (Å²) in [5.74, 6) is -5.32. The first-order chi connectivity index (χ1) is 14.2. The Labute approximate surface area is 168 Å². The minimum Gasteiger partial charge on any atom is -0.478 e. The predicted octanol–water partition coefficient (Wildman–Crippen LogP) is 2.00. The first-order valence-electron chi connectivity index (χ1n) is 8.31. The SMILES string of the molecule is O=Cc1ccc(OC(=O)CCC(=O)Oc2ccc(C=O)cc2C(=O)O)c(C(=O)O)c1. The van der Waals surface area contributed by atoms with Gasteiger partial charge in [-0.05, 0) is 36.4 Å². The van der Waals surface area contributed by atoms with Gasteiger partial charge in [0.2, 0.25) is 0 Å². The molecule has 10 nitrogen and oxygen atoms in total. The Kier molecular flexibility index (Phi) is 7.12. The fraction of sp³-hybridized carbons (Fsp3) is 0.100. The van der Waals surface area contributed by atoms with E-state index in [9.17, 15) is 28.8 Å². The lowest BCUT2D eigenvalue weighted by Gasteiger charge is -2.09. The molecule has 2 aromatic rings. The first kappa shape index (κ1) is 22.0. The Bertz CT molecular complexity index is 954. The maximum Gasteiger partial charge on any atom is 0.339 e. The lowest BCUT2D eigenvalue weighted by atomic mass is 10.1. The maximum absolute atomic E-state index is 11.9. The van der Waals surface area contributed by atoms with E-state index in [-0.39, 0.29) is 22.6 Å². The molecule has 10 heteroatoms. The summed E-state index contributed by atoms with van der Waals surface area (Å²) < 4.78 is 9.85. The highest BCUT2D eigenvalue weighted by Crippen LogP contribution is 2.22. The maximum atomic E-state index is 11.9. The van der Waals surface area contributed by atoms with E-state index in [1.807, 2.05) is 0 Å². The molecule has 30 heavy (non-hydrogen) atoms. The van der Waals surface area contributed by atoms with Crippen LogP contribution in [-0.2, 0) is 9.59 Å². The molecule has 0 fully saturated rings. The molecular weight excluding hydrogens is 400 g/mol. The molecule has 0 amide bonds. The van der Waals surface area contributed by atoms with E-state index in [1.54, 1.807) is 0 Å². The summed E-state index contributed by atoms with van der Waals surface area (Å²) in [6.45, 7) is 0. The van der Waals surface area contributed by atoms with Crippen molar-refractivity contribution < 1.29 is 48.5 Å². The summed E-state index contributed by atoms with van der Waals surface area (Å²) >= 11 is 0.